The fourth-order valence-corrected chi connectivity index (χ4v) is 4.63. The molecular weight excluding hydrogens is 382 g/mol. The average molecular weight is 410 g/mol. The molecule has 9 heteroatoms. The molecule has 0 atom stereocenters. The Morgan fingerprint density at radius 3 is 2.32 bits per heavy atom. The highest BCUT2D eigenvalue weighted by molar-refractivity contribution is 7.89. The van der Waals surface area contributed by atoms with Crippen molar-refractivity contribution < 1.29 is 22.4 Å². The van der Waals surface area contributed by atoms with Crippen molar-refractivity contribution in [2.45, 2.75) is 32.2 Å². The summed E-state index contributed by atoms with van der Waals surface area (Å²) in [7, 11) is -3.59. The molecule has 1 aromatic heterocycles. The topological polar surface area (TPSA) is 85.1 Å². The highest BCUT2D eigenvalue weighted by Crippen LogP contribution is 2.31. The van der Waals surface area contributed by atoms with Gasteiger partial charge >= 0.3 is 0 Å². The summed E-state index contributed by atoms with van der Waals surface area (Å²) in [6, 6.07) is 6.69. The lowest BCUT2D eigenvalue weighted by molar-refractivity contribution is 0.177. The highest BCUT2D eigenvalue weighted by Gasteiger charge is 2.29. The lowest BCUT2D eigenvalue weighted by atomic mass is 10.3. The van der Waals surface area contributed by atoms with Crippen molar-refractivity contribution in [1.29, 1.82) is 0 Å². The number of rotatable bonds is 8. The molecule has 2 aromatic rings. The summed E-state index contributed by atoms with van der Waals surface area (Å²) in [4.78, 5) is 2.40. The summed E-state index contributed by atoms with van der Waals surface area (Å²) in [6.45, 7) is 9.29. The lowest BCUT2D eigenvalue weighted by Crippen LogP contribution is -2.48. The highest BCUT2D eigenvalue weighted by atomic mass is 32.2. The normalized spacial score (nSPS) is 16.2. The quantitative estimate of drug-likeness (QED) is 0.661. The number of hydrogen-bond donors (Lipinski definition) is 0. The van der Waals surface area contributed by atoms with Gasteiger partial charge in [-0.05, 0) is 32.9 Å². The Morgan fingerprint density at radius 1 is 1.04 bits per heavy atom. The monoisotopic (exact) mass is 409 g/mol. The van der Waals surface area contributed by atoms with Crippen molar-refractivity contribution in [1.82, 2.24) is 14.4 Å². The van der Waals surface area contributed by atoms with Crippen LogP contribution in [-0.2, 0) is 16.6 Å². The first-order valence-electron chi connectivity index (χ1n) is 9.48. The van der Waals surface area contributed by atoms with Crippen LogP contribution in [0.2, 0.25) is 0 Å². The SMILES string of the molecule is CCOc1ccc(S(=O)(=O)N2CCN(Cc3cc(C)on3)CC2)cc1OCC. The molecule has 0 radical (unpaired) electrons. The maximum absolute atomic E-state index is 13.1. The van der Waals surface area contributed by atoms with E-state index in [1.165, 1.54) is 4.31 Å². The first kappa shape index (κ1) is 20.6. The van der Waals surface area contributed by atoms with Gasteiger partial charge in [-0.25, -0.2) is 8.42 Å². The summed E-state index contributed by atoms with van der Waals surface area (Å²) >= 11 is 0. The van der Waals surface area contributed by atoms with Gasteiger partial charge in [-0.1, -0.05) is 5.16 Å². The van der Waals surface area contributed by atoms with Gasteiger partial charge in [-0.15, -0.1) is 0 Å². The number of piperazine rings is 1. The predicted molar refractivity (Wildman–Crippen MR) is 104 cm³/mol. The van der Waals surface area contributed by atoms with Gasteiger partial charge in [-0.3, -0.25) is 4.90 Å². The van der Waals surface area contributed by atoms with E-state index in [-0.39, 0.29) is 4.90 Å². The Morgan fingerprint density at radius 2 is 1.71 bits per heavy atom. The zero-order chi connectivity index (χ0) is 20.1. The maximum atomic E-state index is 13.1. The minimum Gasteiger partial charge on any atom is -0.490 e. The summed E-state index contributed by atoms with van der Waals surface area (Å²) in [5.74, 6) is 1.78. The Kier molecular flexibility index (Phi) is 6.58. The number of benzene rings is 1. The third-order valence-electron chi connectivity index (χ3n) is 4.55. The fourth-order valence-electron chi connectivity index (χ4n) is 3.19. The molecule has 1 saturated heterocycles. The van der Waals surface area contributed by atoms with Gasteiger partial charge in [0.2, 0.25) is 10.0 Å². The van der Waals surface area contributed by atoms with Crippen LogP contribution in [0.4, 0.5) is 0 Å². The van der Waals surface area contributed by atoms with Crippen molar-refractivity contribution in [3.05, 3.63) is 35.7 Å². The third kappa shape index (κ3) is 4.65. The van der Waals surface area contributed by atoms with Gasteiger partial charge in [0.05, 0.1) is 23.8 Å². The van der Waals surface area contributed by atoms with Crippen LogP contribution < -0.4 is 9.47 Å². The lowest BCUT2D eigenvalue weighted by Gasteiger charge is -2.33. The number of aryl methyl sites for hydroxylation is 1. The average Bonchev–Trinajstić information content (AvgIpc) is 3.08. The number of sulfonamides is 1. The first-order chi connectivity index (χ1) is 13.4. The molecule has 3 rings (SSSR count). The molecule has 0 unspecified atom stereocenters. The van der Waals surface area contributed by atoms with Crippen molar-refractivity contribution in [3.63, 3.8) is 0 Å². The van der Waals surface area contributed by atoms with Gasteiger partial charge in [0.1, 0.15) is 5.76 Å². The zero-order valence-corrected chi connectivity index (χ0v) is 17.4. The van der Waals surface area contributed by atoms with Crippen LogP contribution in [0.3, 0.4) is 0 Å². The van der Waals surface area contributed by atoms with E-state index in [1.54, 1.807) is 18.2 Å². The maximum Gasteiger partial charge on any atom is 0.243 e. The van der Waals surface area contributed by atoms with E-state index in [0.717, 1.165) is 11.5 Å². The van der Waals surface area contributed by atoms with E-state index in [4.69, 9.17) is 14.0 Å². The van der Waals surface area contributed by atoms with E-state index in [0.29, 0.717) is 57.4 Å². The van der Waals surface area contributed by atoms with Crippen LogP contribution in [0.15, 0.2) is 33.7 Å². The van der Waals surface area contributed by atoms with E-state index in [9.17, 15) is 8.42 Å². The van der Waals surface area contributed by atoms with Crippen LogP contribution in [0.25, 0.3) is 0 Å². The number of nitrogens with zero attached hydrogens (tertiary/aromatic N) is 3. The van der Waals surface area contributed by atoms with E-state index in [1.807, 2.05) is 26.8 Å². The van der Waals surface area contributed by atoms with Crippen LogP contribution in [-0.4, -0.2) is 62.2 Å². The van der Waals surface area contributed by atoms with Crippen molar-refractivity contribution in [3.8, 4) is 11.5 Å². The Balaban J connectivity index is 1.68. The molecule has 0 amide bonds. The first-order valence-corrected chi connectivity index (χ1v) is 10.9. The van der Waals surface area contributed by atoms with Gasteiger partial charge in [-0.2, -0.15) is 4.31 Å². The minimum absolute atomic E-state index is 0.222. The predicted octanol–water partition coefficient (Wildman–Crippen LogP) is 2.29. The number of ether oxygens (including phenoxy) is 2. The molecule has 1 aliphatic rings. The molecule has 8 nitrogen and oxygen atoms in total. The summed E-state index contributed by atoms with van der Waals surface area (Å²) in [5, 5.41) is 4.00. The van der Waals surface area contributed by atoms with Crippen molar-refractivity contribution in [2.24, 2.45) is 0 Å². The Labute approximate surface area is 166 Å². The van der Waals surface area contributed by atoms with Crippen LogP contribution in [0.5, 0.6) is 11.5 Å². The van der Waals surface area contributed by atoms with Gasteiger partial charge in [0.25, 0.3) is 0 Å². The van der Waals surface area contributed by atoms with Crippen LogP contribution >= 0.6 is 0 Å². The van der Waals surface area contributed by atoms with E-state index in [2.05, 4.69) is 10.1 Å². The summed E-state index contributed by atoms with van der Waals surface area (Å²) in [5.41, 5.74) is 0.863. The second kappa shape index (κ2) is 8.93. The van der Waals surface area contributed by atoms with Gasteiger partial charge < -0.3 is 14.0 Å². The van der Waals surface area contributed by atoms with Crippen molar-refractivity contribution >= 4 is 10.0 Å². The second-order valence-corrected chi connectivity index (χ2v) is 8.52. The van der Waals surface area contributed by atoms with E-state index >= 15 is 0 Å². The summed E-state index contributed by atoms with van der Waals surface area (Å²) in [6.07, 6.45) is 0. The van der Waals surface area contributed by atoms with Crippen molar-refractivity contribution in [2.75, 3.05) is 39.4 Å². The number of hydrogen-bond acceptors (Lipinski definition) is 7. The molecule has 0 aliphatic carbocycles. The standard InChI is InChI=1S/C19H27N3O5S/c1-4-25-18-7-6-17(13-19(18)26-5-2)28(23,24)22-10-8-21(9-11-22)14-16-12-15(3)27-20-16/h6-7,12-13H,4-5,8-11,14H2,1-3H3. The zero-order valence-electron chi connectivity index (χ0n) is 16.6. The third-order valence-corrected chi connectivity index (χ3v) is 6.44. The minimum atomic E-state index is -3.59. The molecule has 2 heterocycles. The van der Waals surface area contributed by atoms with Crippen LogP contribution in [0.1, 0.15) is 25.3 Å². The molecule has 0 N–H and O–H groups in total. The molecule has 28 heavy (non-hydrogen) atoms. The molecule has 1 fully saturated rings. The van der Waals surface area contributed by atoms with Crippen LogP contribution in [0, 0.1) is 6.92 Å². The largest absolute Gasteiger partial charge is 0.490 e. The molecule has 0 spiro atoms. The molecule has 1 aliphatic heterocycles. The molecule has 0 saturated carbocycles. The molecule has 154 valence electrons. The van der Waals surface area contributed by atoms with Gasteiger partial charge in [0.15, 0.2) is 11.5 Å². The smallest absolute Gasteiger partial charge is 0.243 e. The summed E-state index contributed by atoms with van der Waals surface area (Å²) < 4.78 is 43.8. The van der Waals surface area contributed by atoms with Gasteiger partial charge in [0, 0.05) is 44.9 Å². The van der Waals surface area contributed by atoms with E-state index < -0.39 is 10.0 Å². The number of aromatic nitrogens is 1. The molecule has 0 bridgehead atoms. The Hall–Kier alpha value is -2.10. The fraction of sp³-hybridized carbons (Fsp3) is 0.526. The Bertz CT molecular complexity index is 889. The molecule has 1 aromatic carbocycles. The molecular formula is C19H27N3O5S. The second-order valence-electron chi connectivity index (χ2n) is 6.58.